The molecule has 3 aromatic rings. The van der Waals surface area contributed by atoms with Crippen molar-refractivity contribution in [3.05, 3.63) is 41.8 Å². The lowest BCUT2D eigenvalue weighted by molar-refractivity contribution is -0.0235. The van der Waals surface area contributed by atoms with Crippen LogP contribution in [0.25, 0.3) is 22.2 Å². The number of fused-ring (bicyclic) bond motifs is 1. The summed E-state index contributed by atoms with van der Waals surface area (Å²) in [6.07, 6.45) is 2.78. The SMILES string of the molecule is Cc1cc(NC2CC(C)(O)C2)nnc1-c1ccc2c(F)c[nH]c2c1. The van der Waals surface area contributed by atoms with Gasteiger partial charge in [-0.1, -0.05) is 6.07 Å². The number of aromatic nitrogens is 3. The standard InChI is InChI=1S/C18H19FN4O/c1-10-5-16(21-12-7-18(2,24)8-12)22-23-17(10)11-3-4-13-14(19)9-20-15(13)6-11/h3-6,9,12,20,24H,7-8H2,1-2H3,(H,21,22). The number of anilines is 1. The normalized spacial score (nSPS) is 23.2. The molecule has 1 fully saturated rings. The van der Waals surface area contributed by atoms with Gasteiger partial charge < -0.3 is 15.4 Å². The van der Waals surface area contributed by atoms with Crippen molar-refractivity contribution in [1.29, 1.82) is 0 Å². The molecule has 0 unspecified atom stereocenters. The number of rotatable bonds is 3. The summed E-state index contributed by atoms with van der Waals surface area (Å²) in [6.45, 7) is 3.82. The van der Waals surface area contributed by atoms with Crippen molar-refractivity contribution >= 4 is 16.7 Å². The van der Waals surface area contributed by atoms with Crippen LogP contribution in [0, 0.1) is 12.7 Å². The summed E-state index contributed by atoms with van der Waals surface area (Å²) in [5, 5.41) is 22.2. The Morgan fingerprint density at radius 1 is 1.29 bits per heavy atom. The molecule has 0 spiro atoms. The third kappa shape index (κ3) is 2.63. The van der Waals surface area contributed by atoms with Gasteiger partial charge in [0.05, 0.1) is 11.3 Å². The fourth-order valence-corrected chi connectivity index (χ4v) is 3.39. The molecule has 1 aliphatic carbocycles. The number of nitrogens with zero attached hydrogens (tertiary/aromatic N) is 2. The second-order valence-corrected chi connectivity index (χ2v) is 6.90. The average Bonchev–Trinajstić information content (AvgIpc) is 2.86. The maximum absolute atomic E-state index is 13.5. The molecule has 0 aliphatic heterocycles. The fourth-order valence-electron chi connectivity index (χ4n) is 3.39. The van der Waals surface area contributed by atoms with Crippen LogP contribution in [0.1, 0.15) is 25.3 Å². The molecule has 1 saturated carbocycles. The molecule has 0 amide bonds. The summed E-state index contributed by atoms with van der Waals surface area (Å²) >= 11 is 0. The first-order valence-electron chi connectivity index (χ1n) is 8.01. The molecule has 1 aliphatic rings. The Bertz CT molecular complexity index is 911. The Hall–Kier alpha value is -2.47. The molecule has 2 aromatic heterocycles. The van der Waals surface area contributed by atoms with E-state index >= 15 is 0 Å². The number of nitrogens with one attached hydrogen (secondary N) is 2. The van der Waals surface area contributed by atoms with E-state index in [-0.39, 0.29) is 11.9 Å². The van der Waals surface area contributed by atoms with Crippen LogP contribution >= 0.6 is 0 Å². The lowest BCUT2D eigenvalue weighted by Crippen LogP contribution is -2.48. The van der Waals surface area contributed by atoms with Gasteiger partial charge in [0.15, 0.2) is 0 Å². The summed E-state index contributed by atoms with van der Waals surface area (Å²) in [4.78, 5) is 2.92. The highest BCUT2D eigenvalue weighted by Gasteiger charge is 2.38. The van der Waals surface area contributed by atoms with Crippen molar-refractivity contribution in [2.24, 2.45) is 0 Å². The van der Waals surface area contributed by atoms with E-state index < -0.39 is 5.60 Å². The van der Waals surface area contributed by atoms with Crippen LogP contribution in [-0.2, 0) is 0 Å². The number of H-pyrrole nitrogens is 1. The van der Waals surface area contributed by atoms with Crippen LogP contribution in [0.3, 0.4) is 0 Å². The monoisotopic (exact) mass is 326 g/mol. The Morgan fingerprint density at radius 2 is 2.08 bits per heavy atom. The minimum Gasteiger partial charge on any atom is -0.390 e. The van der Waals surface area contributed by atoms with E-state index in [9.17, 15) is 9.50 Å². The van der Waals surface area contributed by atoms with Crippen LogP contribution in [0.4, 0.5) is 10.2 Å². The molecule has 0 saturated heterocycles. The van der Waals surface area contributed by atoms with Gasteiger partial charge in [0.1, 0.15) is 11.6 Å². The first kappa shape index (κ1) is 15.1. The van der Waals surface area contributed by atoms with Gasteiger partial charge in [0, 0.05) is 28.7 Å². The van der Waals surface area contributed by atoms with Crippen LogP contribution in [0.15, 0.2) is 30.5 Å². The van der Waals surface area contributed by atoms with Gasteiger partial charge in [0.2, 0.25) is 0 Å². The lowest BCUT2D eigenvalue weighted by atomic mass is 9.77. The maximum atomic E-state index is 13.5. The molecule has 2 heterocycles. The molecule has 0 bridgehead atoms. The summed E-state index contributed by atoms with van der Waals surface area (Å²) in [7, 11) is 0. The highest BCUT2D eigenvalue weighted by molar-refractivity contribution is 5.85. The molecule has 1 aromatic carbocycles. The quantitative estimate of drug-likeness (QED) is 0.690. The van der Waals surface area contributed by atoms with Gasteiger partial charge in [-0.05, 0) is 50.5 Å². The number of benzene rings is 1. The third-order valence-corrected chi connectivity index (χ3v) is 4.61. The zero-order chi connectivity index (χ0) is 16.9. The maximum Gasteiger partial charge on any atom is 0.149 e. The Balaban J connectivity index is 1.59. The van der Waals surface area contributed by atoms with Gasteiger partial charge in [-0.2, -0.15) is 0 Å². The molecule has 4 rings (SSSR count). The summed E-state index contributed by atoms with van der Waals surface area (Å²) in [5.41, 5.74) is 2.83. The van der Waals surface area contributed by atoms with E-state index in [1.54, 1.807) is 6.07 Å². The van der Waals surface area contributed by atoms with Gasteiger partial charge in [0.25, 0.3) is 0 Å². The topological polar surface area (TPSA) is 73.8 Å². The number of hydrogen-bond donors (Lipinski definition) is 3. The van der Waals surface area contributed by atoms with E-state index in [4.69, 9.17) is 0 Å². The third-order valence-electron chi connectivity index (χ3n) is 4.61. The molecule has 6 heteroatoms. The number of aliphatic hydroxyl groups is 1. The van der Waals surface area contributed by atoms with Crippen molar-refractivity contribution in [3.63, 3.8) is 0 Å². The van der Waals surface area contributed by atoms with Crippen molar-refractivity contribution in [2.75, 3.05) is 5.32 Å². The number of hydrogen-bond acceptors (Lipinski definition) is 4. The van der Waals surface area contributed by atoms with Gasteiger partial charge >= 0.3 is 0 Å². The van der Waals surface area contributed by atoms with Crippen molar-refractivity contribution in [3.8, 4) is 11.3 Å². The Morgan fingerprint density at radius 3 is 2.79 bits per heavy atom. The van der Waals surface area contributed by atoms with E-state index in [1.165, 1.54) is 6.20 Å². The van der Waals surface area contributed by atoms with Crippen molar-refractivity contribution in [2.45, 2.75) is 38.3 Å². The van der Waals surface area contributed by atoms with Crippen LogP contribution in [-0.4, -0.2) is 31.9 Å². The number of halogens is 1. The van der Waals surface area contributed by atoms with Crippen molar-refractivity contribution in [1.82, 2.24) is 15.2 Å². The van der Waals surface area contributed by atoms with Gasteiger partial charge in [-0.15, -0.1) is 10.2 Å². The van der Waals surface area contributed by atoms with E-state index in [0.29, 0.717) is 24.0 Å². The largest absolute Gasteiger partial charge is 0.390 e. The van der Waals surface area contributed by atoms with E-state index in [0.717, 1.165) is 22.3 Å². The average molecular weight is 326 g/mol. The zero-order valence-corrected chi connectivity index (χ0v) is 13.6. The molecule has 3 N–H and O–H groups in total. The predicted molar refractivity (Wildman–Crippen MR) is 91.3 cm³/mol. The zero-order valence-electron chi connectivity index (χ0n) is 13.6. The molecule has 0 atom stereocenters. The van der Waals surface area contributed by atoms with Gasteiger partial charge in [-0.25, -0.2) is 4.39 Å². The minimum atomic E-state index is -0.569. The summed E-state index contributed by atoms with van der Waals surface area (Å²) in [5.74, 6) is 0.457. The second-order valence-electron chi connectivity index (χ2n) is 6.90. The van der Waals surface area contributed by atoms with Gasteiger partial charge in [-0.3, -0.25) is 0 Å². The van der Waals surface area contributed by atoms with Crippen LogP contribution in [0.5, 0.6) is 0 Å². The smallest absolute Gasteiger partial charge is 0.149 e. The predicted octanol–water partition coefficient (Wildman–Crippen LogP) is 3.40. The highest BCUT2D eigenvalue weighted by Crippen LogP contribution is 2.34. The first-order chi connectivity index (χ1) is 11.4. The summed E-state index contributed by atoms with van der Waals surface area (Å²) < 4.78 is 13.5. The van der Waals surface area contributed by atoms with E-state index in [2.05, 4.69) is 20.5 Å². The lowest BCUT2D eigenvalue weighted by Gasteiger charge is -2.41. The Kier molecular flexibility index (Phi) is 3.31. The number of aromatic amines is 1. The fraction of sp³-hybridized carbons (Fsp3) is 0.333. The molecule has 0 radical (unpaired) electrons. The molecule has 124 valence electrons. The minimum absolute atomic E-state index is 0.234. The number of aryl methyl sites for hydroxylation is 1. The second kappa shape index (κ2) is 5.27. The molecule has 24 heavy (non-hydrogen) atoms. The Labute approximate surface area is 138 Å². The highest BCUT2D eigenvalue weighted by atomic mass is 19.1. The molecule has 5 nitrogen and oxygen atoms in total. The van der Waals surface area contributed by atoms with Crippen LogP contribution in [0.2, 0.25) is 0 Å². The van der Waals surface area contributed by atoms with E-state index in [1.807, 2.05) is 32.0 Å². The first-order valence-corrected chi connectivity index (χ1v) is 8.01. The van der Waals surface area contributed by atoms with Crippen LogP contribution < -0.4 is 5.32 Å². The summed E-state index contributed by atoms with van der Waals surface area (Å²) in [6, 6.07) is 7.67. The van der Waals surface area contributed by atoms with Crippen molar-refractivity contribution < 1.29 is 9.50 Å². The molecular formula is C18H19FN4O. The molecular weight excluding hydrogens is 307 g/mol.